The average molecular weight is 505 g/mol. The van der Waals surface area contributed by atoms with Crippen LogP contribution in [0.1, 0.15) is 91.9 Å². The van der Waals surface area contributed by atoms with Gasteiger partial charge in [-0.25, -0.2) is 13.1 Å². The topological polar surface area (TPSA) is 67.4 Å². The van der Waals surface area contributed by atoms with Crippen molar-refractivity contribution < 1.29 is 13.2 Å². The van der Waals surface area contributed by atoms with Gasteiger partial charge in [-0.2, -0.15) is 0 Å². The molecular formula is C29H48N2O3S. The zero-order valence-electron chi connectivity index (χ0n) is 22.6. The molecule has 0 amide bonds. The molecule has 0 aromatic carbocycles. The summed E-state index contributed by atoms with van der Waals surface area (Å²) in [6, 6.07) is 0.660. The molecule has 6 rings (SSSR count). The largest absolute Gasteiger partial charge is 0.369 e. The Hall–Kier alpha value is -0.430. The van der Waals surface area contributed by atoms with Crippen LogP contribution in [0.3, 0.4) is 0 Å². The van der Waals surface area contributed by atoms with Gasteiger partial charge in [0.25, 0.3) is 0 Å². The molecule has 11 atom stereocenters. The number of fused-ring (bicyclic) bond motifs is 6. The molecule has 5 nitrogen and oxygen atoms in total. The zero-order valence-corrected chi connectivity index (χ0v) is 23.4. The fraction of sp³-hybridized carbons (Fsp3) is 0.931. The predicted molar refractivity (Wildman–Crippen MR) is 140 cm³/mol. The predicted octanol–water partition coefficient (Wildman–Crippen LogP) is 5.03. The third-order valence-electron chi connectivity index (χ3n) is 12.0. The highest BCUT2D eigenvalue weighted by molar-refractivity contribution is 7.88. The van der Waals surface area contributed by atoms with Crippen LogP contribution in [0.2, 0.25) is 0 Å². The maximum absolute atomic E-state index is 11.9. The van der Waals surface area contributed by atoms with Crippen LogP contribution >= 0.6 is 0 Å². The van der Waals surface area contributed by atoms with E-state index >= 15 is 0 Å². The van der Waals surface area contributed by atoms with Gasteiger partial charge in [-0.05, 0) is 113 Å². The third kappa shape index (κ3) is 4.08. The van der Waals surface area contributed by atoms with Gasteiger partial charge in [0, 0.05) is 18.0 Å². The smallest absolute Gasteiger partial charge is 0.208 e. The van der Waals surface area contributed by atoms with E-state index in [1.807, 2.05) is 0 Å². The van der Waals surface area contributed by atoms with E-state index in [0.717, 1.165) is 43.6 Å². The molecule has 2 N–H and O–H groups in total. The summed E-state index contributed by atoms with van der Waals surface area (Å²) in [5.41, 5.74) is 3.83. The van der Waals surface area contributed by atoms with Gasteiger partial charge in [-0.3, -0.25) is 0 Å². The first kappa shape index (κ1) is 24.9. The Morgan fingerprint density at radius 2 is 1.89 bits per heavy atom. The lowest BCUT2D eigenvalue weighted by Gasteiger charge is -2.54. The molecule has 4 aliphatic carbocycles. The molecule has 2 saturated heterocycles. The Kier molecular flexibility index (Phi) is 6.07. The monoisotopic (exact) mass is 504 g/mol. The van der Waals surface area contributed by atoms with Gasteiger partial charge in [0.1, 0.15) is 0 Å². The molecule has 0 unspecified atom stereocenters. The van der Waals surface area contributed by atoms with Crippen molar-refractivity contribution in [3.8, 4) is 0 Å². The third-order valence-corrected chi connectivity index (χ3v) is 12.8. The van der Waals surface area contributed by atoms with Crippen molar-refractivity contribution >= 4 is 10.0 Å². The number of sulfonamides is 1. The van der Waals surface area contributed by atoms with Crippen LogP contribution < -0.4 is 10.0 Å². The summed E-state index contributed by atoms with van der Waals surface area (Å²) in [6.07, 6.45) is 13.6. The van der Waals surface area contributed by atoms with Crippen molar-refractivity contribution in [3.63, 3.8) is 0 Å². The standard InChI is InChI=1S/C29H48N2O3S/c1-17-12-26-27(30-16-17)19(3)29(34-26)11-9-22-23-7-6-20-13-21(31-35(5,32)33)8-10-28(20,4)25(23)14-24(22)18(2)15-29/h17,19-23,25-27,30-31H,6-16H2,1-5H3/t17-,19+,20+,21+,22-,23+,25-,26+,27-,28+,29-/m0/s1. The fourth-order valence-corrected chi connectivity index (χ4v) is 11.1. The number of ether oxygens (including phenoxy) is 1. The minimum atomic E-state index is -3.13. The minimum Gasteiger partial charge on any atom is -0.369 e. The lowest BCUT2D eigenvalue weighted by atomic mass is 9.52. The first-order valence-electron chi connectivity index (χ1n) is 14.6. The van der Waals surface area contributed by atoms with Gasteiger partial charge < -0.3 is 10.1 Å². The van der Waals surface area contributed by atoms with Gasteiger partial charge in [0.15, 0.2) is 0 Å². The second-order valence-electron chi connectivity index (χ2n) is 14.0. The first-order valence-corrected chi connectivity index (χ1v) is 16.5. The molecule has 35 heavy (non-hydrogen) atoms. The molecule has 6 aliphatic rings. The molecule has 0 bridgehead atoms. The van der Waals surface area contributed by atoms with Gasteiger partial charge in [-0.15, -0.1) is 0 Å². The van der Waals surface area contributed by atoms with E-state index in [-0.39, 0.29) is 11.6 Å². The second-order valence-corrected chi connectivity index (χ2v) is 15.8. The molecule has 0 radical (unpaired) electrons. The molecule has 0 aromatic heterocycles. The molecule has 5 fully saturated rings. The van der Waals surface area contributed by atoms with E-state index in [4.69, 9.17) is 4.74 Å². The van der Waals surface area contributed by atoms with Crippen molar-refractivity contribution in [2.24, 2.45) is 40.9 Å². The number of allylic oxidation sites excluding steroid dienone is 1. The Morgan fingerprint density at radius 1 is 1.09 bits per heavy atom. The fourth-order valence-electron chi connectivity index (χ4n) is 10.2. The molecular weight excluding hydrogens is 456 g/mol. The Balaban J connectivity index is 1.22. The molecule has 198 valence electrons. The van der Waals surface area contributed by atoms with Crippen molar-refractivity contribution in [2.45, 2.75) is 116 Å². The highest BCUT2D eigenvalue weighted by atomic mass is 32.2. The van der Waals surface area contributed by atoms with Crippen LogP contribution in [0.25, 0.3) is 0 Å². The van der Waals surface area contributed by atoms with Crippen LogP contribution in [0.15, 0.2) is 11.1 Å². The Bertz CT molecular complexity index is 994. The van der Waals surface area contributed by atoms with Crippen molar-refractivity contribution in [1.82, 2.24) is 10.0 Å². The van der Waals surface area contributed by atoms with E-state index in [1.54, 1.807) is 11.1 Å². The van der Waals surface area contributed by atoms with Crippen LogP contribution in [-0.4, -0.2) is 45.0 Å². The summed E-state index contributed by atoms with van der Waals surface area (Å²) in [4.78, 5) is 0. The van der Waals surface area contributed by atoms with Crippen molar-refractivity contribution in [2.75, 3.05) is 12.8 Å². The number of nitrogens with one attached hydrogen (secondary N) is 2. The van der Waals surface area contributed by atoms with E-state index < -0.39 is 10.0 Å². The Labute approximate surface area is 213 Å². The highest BCUT2D eigenvalue weighted by Crippen LogP contribution is 2.65. The summed E-state index contributed by atoms with van der Waals surface area (Å²) >= 11 is 0. The van der Waals surface area contributed by atoms with E-state index in [1.165, 1.54) is 51.2 Å². The number of hydrogen-bond acceptors (Lipinski definition) is 4. The molecule has 6 heteroatoms. The quantitative estimate of drug-likeness (QED) is 0.518. The van der Waals surface area contributed by atoms with Gasteiger partial charge in [-0.1, -0.05) is 31.9 Å². The molecule has 2 heterocycles. The summed E-state index contributed by atoms with van der Waals surface area (Å²) in [7, 11) is -3.13. The van der Waals surface area contributed by atoms with Gasteiger partial charge >= 0.3 is 0 Å². The molecule has 3 saturated carbocycles. The zero-order chi connectivity index (χ0) is 24.8. The van der Waals surface area contributed by atoms with Gasteiger partial charge in [0.2, 0.25) is 10.0 Å². The van der Waals surface area contributed by atoms with Crippen LogP contribution in [-0.2, 0) is 14.8 Å². The summed E-state index contributed by atoms with van der Waals surface area (Å²) in [6.45, 7) is 11.0. The SMILES string of the molecule is CC1=C2C[C@H]3[C@H](CC[C@@H]4C[C@H](NS(C)(=O)=O)CC[C@]43C)[C@@H]2CC[C@@]2(C1)O[C@@H]1C[C@H](C)CN[C@H]1[C@H]2C. The lowest BCUT2D eigenvalue weighted by molar-refractivity contribution is -0.0746. The lowest BCUT2D eigenvalue weighted by Crippen LogP contribution is -2.50. The number of piperidine rings is 1. The Morgan fingerprint density at radius 3 is 2.66 bits per heavy atom. The van der Waals surface area contributed by atoms with Crippen molar-refractivity contribution in [1.29, 1.82) is 0 Å². The van der Waals surface area contributed by atoms with Gasteiger partial charge in [0.05, 0.1) is 18.0 Å². The van der Waals surface area contributed by atoms with E-state index in [2.05, 4.69) is 37.7 Å². The first-order chi connectivity index (χ1) is 16.5. The van der Waals surface area contributed by atoms with E-state index in [9.17, 15) is 8.42 Å². The van der Waals surface area contributed by atoms with Crippen LogP contribution in [0, 0.1) is 40.9 Å². The number of hydrogen-bond donors (Lipinski definition) is 2. The van der Waals surface area contributed by atoms with E-state index in [0.29, 0.717) is 35.3 Å². The second kappa shape index (κ2) is 8.54. The van der Waals surface area contributed by atoms with Crippen LogP contribution in [0.4, 0.5) is 0 Å². The summed E-state index contributed by atoms with van der Waals surface area (Å²) < 4.78 is 33.7. The molecule has 1 spiro atoms. The molecule has 2 aliphatic heterocycles. The van der Waals surface area contributed by atoms with Crippen molar-refractivity contribution in [3.05, 3.63) is 11.1 Å². The summed E-state index contributed by atoms with van der Waals surface area (Å²) in [5, 5.41) is 3.85. The summed E-state index contributed by atoms with van der Waals surface area (Å²) in [5.74, 6) is 4.28. The average Bonchev–Trinajstić information content (AvgIpc) is 3.23. The molecule has 0 aromatic rings. The highest BCUT2D eigenvalue weighted by Gasteiger charge is 2.59. The maximum atomic E-state index is 11.9. The minimum absolute atomic E-state index is 0.0276. The van der Waals surface area contributed by atoms with Crippen LogP contribution in [0.5, 0.6) is 0 Å². The normalized spacial score (nSPS) is 52.0. The number of rotatable bonds is 2. The maximum Gasteiger partial charge on any atom is 0.208 e.